The fraction of sp³-hybridized carbons (Fsp3) is 0.241. The molecule has 1 aliphatic rings. The molecule has 1 atom stereocenters. The molecule has 1 amide bonds. The Morgan fingerprint density at radius 1 is 1.21 bits per heavy atom. The lowest BCUT2D eigenvalue weighted by Gasteiger charge is -2.19. The van der Waals surface area contributed by atoms with Crippen molar-refractivity contribution in [3.63, 3.8) is 0 Å². The van der Waals surface area contributed by atoms with E-state index in [0.717, 1.165) is 12.1 Å². The number of aromatic nitrogens is 2. The van der Waals surface area contributed by atoms with Gasteiger partial charge in [0.15, 0.2) is 0 Å². The second-order valence-corrected chi connectivity index (χ2v) is 9.32. The molecular weight excluding hydrogens is 518 g/mol. The molecule has 4 aromatic rings. The van der Waals surface area contributed by atoms with Crippen molar-refractivity contribution in [2.45, 2.75) is 32.5 Å². The highest BCUT2D eigenvalue weighted by Crippen LogP contribution is 2.38. The highest BCUT2D eigenvalue weighted by atomic mass is 35.5. The number of fused-ring (bicyclic) bond motifs is 1. The fourth-order valence-electron chi connectivity index (χ4n) is 4.13. The first-order chi connectivity index (χ1) is 19.0. The Hall–Kier alpha value is -4.39. The van der Waals surface area contributed by atoms with E-state index < -0.39 is 0 Å². The van der Waals surface area contributed by atoms with Gasteiger partial charge in [0.25, 0.3) is 0 Å². The van der Waals surface area contributed by atoms with Crippen LogP contribution in [0.3, 0.4) is 0 Å². The lowest BCUT2D eigenvalue weighted by Crippen LogP contribution is -2.18. The summed E-state index contributed by atoms with van der Waals surface area (Å²) in [7, 11) is 0. The van der Waals surface area contributed by atoms with Crippen molar-refractivity contribution in [1.29, 1.82) is 5.26 Å². The number of hydrogen-bond acceptors (Lipinski definition) is 8. The SMILES string of the molecule is CCC(=O)Nc1cc2c(Nc3ccc(OCc4ccccn4)c(Cl)c3)c(C#N)cnc2cc1OC1CCOC1. The van der Waals surface area contributed by atoms with Gasteiger partial charge in [0.05, 0.1) is 46.4 Å². The van der Waals surface area contributed by atoms with Crippen LogP contribution in [0.5, 0.6) is 11.5 Å². The van der Waals surface area contributed by atoms with Crippen LogP contribution in [0.15, 0.2) is 60.9 Å². The van der Waals surface area contributed by atoms with Crippen molar-refractivity contribution >= 4 is 45.5 Å². The molecule has 5 rings (SSSR count). The smallest absolute Gasteiger partial charge is 0.224 e. The maximum atomic E-state index is 12.3. The van der Waals surface area contributed by atoms with E-state index in [0.29, 0.717) is 69.7 Å². The molecule has 9 nitrogen and oxygen atoms in total. The van der Waals surface area contributed by atoms with Gasteiger partial charge in [0, 0.05) is 42.4 Å². The van der Waals surface area contributed by atoms with Gasteiger partial charge in [-0.1, -0.05) is 24.6 Å². The summed E-state index contributed by atoms with van der Waals surface area (Å²) < 4.78 is 17.4. The van der Waals surface area contributed by atoms with Crippen LogP contribution < -0.4 is 20.1 Å². The van der Waals surface area contributed by atoms with Gasteiger partial charge in [-0.2, -0.15) is 5.26 Å². The number of benzene rings is 2. The first-order valence-electron chi connectivity index (χ1n) is 12.5. The number of rotatable bonds is 9. The Morgan fingerprint density at radius 3 is 2.82 bits per heavy atom. The van der Waals surface area contributed by atoms with Crippen molar-refractivity contribution in [1.82, 2.24) is 9.97 Å². The lowest BCUT2D eigenvalue weighted by molar-refractivity contribution is -0.115. The molecule has 39 heavy (non-hydrogen) atoms. The van der Waals surface area contributed by atoms with E-state index in [1.165, 1.54) is 6.20 Å². The van der Waals surface area contributed by atoms with Crippen LogP contribution in [-0.2, 0) is 16.1 Å². The third-order valence-corrected chi connectivity index (χ3v) is 6.46. The first kappa shape index (κ1) is 26.2. The molecular formula is C29H26ClN5O4. The van der Waals surface area contributed by atoms with Gasteiger partial charge in [-0.05, 0) is 36.4 Å². The zero-order valence-corrected chi connectivity index (χ0v) is 22.0. The maximum Gasteiger partial charge on any atom is 0.224 e. The predicted octanol–water partition coefficient (Wildman–Crippen LogP) is 5.99. The summed E-state index contributed by atoms with van der Waals surface area (Å²) in [4.78, 5) is 21.0. The van der Waals surface area contributed by atoms with Crippen molar-refractivity contribution in [3.8, 4) is 17.6 Å². The predicted molar refractivity (Wildman–Crippen MR) is 149 cm³/mol. The van der Waals surface area contributed by atoms with E-state index in [4.69, 9.17) is 25.8 Å². The van der Waals surface area contributed by atoms with Crippen LogP contribution in [-0.4, -0.2) is 35.2 Å². The minimum Gasteiger partial charge on any atom is -0.486 e. The third-order valence-electron chi connectivity index (χ3n) is 6.17. The summed E-state index contributed by atoms with van der Waals surface area (Å²) in [6.45, 7) is 3.17. The normalized spacial score (nSPS) is 14.5. The van der Waals surface area contributed by atoms with Crippen molar-refractivity contribution in [2.24, 2.45) is 0 Å². The minimum absolute atomic E-state index is 0.115. The number of carbonyl (C=O) groups excluding carboxylic acids is 1. The third kappa shape index (κ3) is 6.20. The van der Waals surface area contributed by atoms with Crippen LogP contribution in [0.2, 0.25) is 5.02 Å². The second kappa shape index (κ2) is 12.0. The highest BCUT2D eigenvalue weighted by Gasteiger charge is 2.21. The number of carbonyl (C=O) groups is 1. The van der Waals surface area contributed by atoms with Gasteiger partial charge in [0.2, 0.25) is 5.91 Å². The lowest BCUT2D eigenvalue weighted by atomic mass is 10.1. The topological polar surface area (TPSA) is 118 Å². The molecule has 0 aliphatic carbocycles. The van der Waals surface area contributed by atoms with E-state index >= 15 is 0 Å². The summed E-state index contributed by atoms with van der Waals surface area (Å²) in [5.74, 6) is 0.851. The Balaban J connectivity index is 1.47. The molecule has 2 aromatic heterocycles. The number of pyridine rings is 2. The number of amides is 1. The molecule has 1 unspecified atom stereocenters. The van der Waals surface area contributed by atoms with E-state index in [9.17, 15) is 10.1 Å². The van der Waals surface area contributed by atoms with Crippen LogP contribution in [0.25, 0.3) is 10.9 Å². The Morgan fingerprint density at radius 2 is 2.10 bits per heavy atom. The zero-order chi connectivity index (χ0) is 27.2. The van der Waals surface area contributed by atoms with Gasteiger partial charge >= 0.3 is 0 Å². The number of nitrogens with zero attached hydrogens (tertiary/aromatic N) is 3. The van der Waals surface area contributed by atoms with Crippen LogP contribution in [0.4, 0.5) is 17.1 Å². The molecule has 1 aliphatic heterocycles. The number of nitrogens with one attached hydrogen (secondary N) is 2. The molecule has 2 N–H and O–H groups in total. The number of halogens is 1. The highest BCUT2D eigenvalue weighted by molar-refractivity contribution is 6.32. The largest absolute Gasteiger partial charge is 0.486 e. The Labute approximate surface area is 230 Å². The molecule has 0 spiro atoms. The zero-order valence-electron chi connectivity index (χ0n) is 21.2. The minimum atomic E-state index is -0.158. The van der Waals surface area contributed by atoms with E-state index in [1.54, 1.807) is 37.4 Å². The van der Waals surface area contributed by atoms with Gasteiger partial charge in [-0.25, -0.2) is 0 Å². The average molecular weight is 544 g/mol. The maximum absolute atomic E-state index is 12.3. The summed E-state index contributed by atoms with van der Waals surface area (Å²) in [5.41, 5.74) is 3.39. The molecule has 198 valence electrons. The molecule has 0 saturated carbocycles. The summed E-state index contributed by atoms with van der Waals surface area (Å²) in [6.07, 6.45) is 4.16. The van der Waals surface area contributed by atoms with Crippen molar-refractivity contribution in [3.05, 3.63) is 77.2 Å². The molecule has 10 heteroatoms. The Bertz CT molecular complexity index is 1530. The number of nitriles is 1. The standard InChI is InChI=1S/C29H26ClN5O4/c1-2-28(36)35-25-12-22-24(13-27(25)39-21-8-10-37-17-21)33-15-18(14-31)29(22)34-19-6-7-26(23(30)11-19)38-16-20-5-3-4-9-32-20/h3-7,9,11-13,15,21H,2,8,10,16-17H2,1H3,(H,33,34)(H,35,36). The van der Waals surface area contributed by atoms with Crippen molar-refractivity contribution in [2.75, 3.05) is 23.8 Å². The van der Waals surface area contributed by atoms with Crippen LogP contribution >= 0.6 is 11.6 Å². The fourth-order valence-corrected chi connectivity index (χ4v) is 4.37. The van der Waals surface area contributed by atoms with Gasteiger partial charge in [0.1, 0.15) is 30.3 Å². The molecule has 1 saturated heterocycles. The number of hydrogen-bond donors (Lipinski definition) is 2. The molecule has 3 heterocycles. The van der Waals surface area contributed by atoms with Gasteiger partial charge < -0.3 is 24.8 Å². The average Bonchev–Trinajstić information content (AvgIpc) is 3.47. The van der Waals surface area contributed by atoms with Crippen molar-refractivity contribution < 1.29 is 19.0 Å². The Kier molecular flexibility index (Phi) is 8.06. The summed E-state index contributed by atoms with van der Waals surface area (Å²) in [5, 5.41) is 17.1. The van der Waals surface area contributed by atoms with E-state index in [2.05, 4.69) is 26.7 Å². The monoisotopic (exact) mass is 543 g/mol. The summed E-state index contributed by atoms with van der Waals surface area (Å²) in [6, 6.07) is 16.6. The van der Waals surface area contributed by atoms with Crippen LogP contribution in [0, 0.1) is 11.3 Å². The van der Waals surface area contributed by atoms with E-state index in [1.807, 2.05) is 24.3 Å². The van der Waals surface area contributed by atoms with Crippen LogP contribution in [0.1, 0.15) is 31.0 Å². The second-order valence-electron chi connectivity index (χ2n) is 8.91. The number of ether oxygens (including phenoxy) is 3. The molecule has 1 fully saturated rings. The molecule has 2 aromatic carbocycles. The summed E-state index contributed by atoms with van der Waals surface area (Å²) >= 11 is 6.52. The quantitative estimate of drug-likeness (QED) is 0.264. The first-order valence-corrected chi connectivity index (χ1v) is 12.9. The van der Waals surface area contributed by atoms with Gasteiger partial charge in [-0.3, -0.25) is 14.8 Å². The molecule has 0 bridgehead atoms. The van der Waals surface area contributed by atoms with E-state index in [-0.39, 0.29) is 18.6 Å². The molecule has 0 radical (unpaired) electrons. The number of anilines is 3. The van der Waals surface area contributed by atoms with Gasteiger partial charge in [-0.15, -0.1) is 0 Å².